The summed E-state index contributed by atoms with van der Waals surface area (Å²) in [5, 5.41) is 5.13. The summed E-state index contributed by atoms with van der Waals surface area (Å²) in [6.45, 7) is 1.82. The maximum atomic E-state index is 13.2. The van der Waals surface area contributed by atoms with Crippen molar-refractivity contribution in [3.8, 4) is 0 Å². The molecule has 0 saturated carbocycles. The van der Waals surface area contributed by atoms with Crippen molar-refractivity contribution in [1.82, 2.24) is 10.6 Å². The minimum absolute atomic E-state index is 0.210. The lowest BCUT2D eigenvalue weighted by Crippen LogP contribution is -2.38. The van der Waals surface area contributed by atoms with E-state index < -0.39 is 35.4 Å². The van der Waals surface area contributed by atoms with E-state index in [2.05, 4.69) is 10.6 Å². The Hall–Kier alpha value is -2.64. The van der Waals surface area contributed by atoms with Crippen LogP contribution >= 0.6 is 0 Å². The molecule has 0 heterocycles. The average molecular weight is 372 g/mol. The van der Waals surface area contributed by atoms with Crippen molar-refractivity contribution in [3.63, 3.8) is 0 Å². The molecular weight excluding hydrogens is 355 g/mol. The molecular formula is C18H17F5N2O. The van der Waals surface area contributed by atoms with E-state index in [1.165, 1.54) is 18.2 Å². The van der Waals surface area contributed by atoms with Gasteiger partial charge in [-0.1, -0.05) is 18.2 Å². The Morgan fingerprint density at radius 2 is 1.69 bits per heavy atom. The van der Waals surface area contributed by atoms with Crippen molar-refractivity contribution in [2.75, 3.05) is 6.54 Å². The molecule has 8 heteroatoms. The lowest BCUT2D eigenvalue weighted by Gasteiger charge is -2.15. The molecule has 2 aromatic carbocycles. The summed E-state index contributed by atoms with van der Waals surface area (Å²) in [7, 11) is 0. The number of halogens is 5. The smallest absolute Gasteiger partial charge is 0.338 e. The van der Waals surface area contributed by atoms with E-state index in [0.717, 1.165) is 24.3 Å². The van der Waals surface area contributed by atoms with Gasteiger partial charge in [-0.15, -0.1) is 0 Å². The van der Waals surface area contributed by atoms with Gasteiger partial charge in [0.15, 0.2) is 11.6 Å². The Kier molecular flexibility index (Phi) is 6.18. The summed E-state index contributed by atoms with van der Waals surface area (Å²) in [6.07, 6.45) is -4.03. The first kappa shape index (κ1) is 19.7. The van der Waals surface area contributed by atoms with Gasteiger partial charge in [-0.25, -0.2) is 13.6 Å². The lowest BCUT2D eigenvalue weighted by molar-refractivity contribution is -0.137. The molecule has 0 unspecified atom stereocenters. The summed E-state index contributed by atoms with van der Waals surface area (Å²) in [6, 6.07) is 6.96. The van der Waals surface area contributed by atoms with Crippen LogP contribution in [0.4, 0.5) is 26.7 Å². The highest BCUT2D eigenvalue weighted by atomic mass is 19.4. The van der Waals surface area contributed by atoms with Gasteiger partial charge in [-0.05, 0) is 48.7 Å². The van der Waals surface area contributed by atoms with Crippen LogP contribution in [0, 0.1) is 11.6 Å². The highest BCUT2D eigenvalue weighted by molar-refractivity contribution is 5.74. The average Bonchev–Trinajstić information content (AvgIpc) is 2.57. The molecule has 0 fully saturated rings. The van der Waals surface area contributed by atoms with Crippen LogP contribution in [0.2, 0.25) is 0 Å². The summed E-state index contributed by atoms with van der Waals surface area (Å²) in [5.74, 6) is -1.97. The highest BCUT2D eigenvalue weighted by Gasteiger charge is 2.29. The fourth-order valence-corrected chi connectivity index (χ4v) is 2.29. The fourth-order valence-electron chi connectivity index (χ4n) is 2.29. The molecule has 0 bridgehead atoms. The highest BCUT2D eigenvalue weighted by Crippen LogP contribution is 2.29. The second-order valence-corrected chi connectivity index (χ2v) is 5.74. The van der Waals surface area contributed by atoms with Gasteiger partial charge in [0.1, 0.15) is 0 Å². The van der Waals surface area contributed by atoms with E-state index in [1.807, 2.05) is 0 Å². The van der Waals surface area contributed by atoms with Crippen molar-refractivity contribution in [2.45, 2.75) is 25.6 Å². The third kappa shape index (κ3) is 5.44. The van der Waals surface area contributed by atoms with Gasteiger partial charge < -0.3 is 10.6 Å². The second-order valence-electron chi connectivity index (χ2n) is 5.74. The summed E-state index contributed by atoms with van der Waals surface area (Å²) >= 11 is 0. The van der Waals surface area contributed by atoms with E-state index in [-0.39, 0.29) is 6.54 Å². The Bertz CT molecular complexity index is 759. The van der Waals surface area contributed by atoms with Gasteiger partial charge in [0.25, 0.3) is 0 Å². The maximum absolute atomic E-state index is 13.2. The molecule has 2 rings (SSSR count). The van der Waals surface area contributed by atoms with Crippen molar-refractivity contribution in [1.29, 1.82) is 0 Å². The number of hydrogen-bond donors (Lipinski definition) is 2. The Morgan fingerprint density at radius 3 is 2.27 bits per heavy atom. The van der Waals surface area contributed by atoms with Gasteiger partial charge in [0, 0.05) is 6.54 Å². The van der Waals surface area contributed by atoms with E-state index >= 15 is 0 Å². The zero-order valence-corrected chi connectivity index (χ0v) is 13.8. The SMILES string of the molecule is C[C@@H](NC(=O)NCCc1ccc(C(F)(F)F)cc1)c1ccc(F)c(F)c1. The molecule has 0 aliphatic rings. The first-order valence-corrected chi connectivity index (χ1v) is 7.82. The van der Waals surface area contributed by atoms with Gasteiger partial charge in [-0.2, -0.15) is 13.2 Å². The number of rotatable bonds is 5. The number of nitrogens with one attached hydrogen (secondary N) is 2. The predicted molar refractivity (Wildman–Crippen MR) is 86.5 cm³/mol. The van der Waals surface area contributed by atoms with Crippen molar-refractivity contribution < 1.29 is 26.7 Å². The van der Waals surface area contributed by atoms with Crippen LogP contribution in [0.3, 0.4) is 0 Å². The van der Waals surface area contributed by atoms with Crippen molar-refractivity contribution in [2.24, 2.45) is 0 Å². The van der Waals surface area contributed by atoms with Gasteiger partial charge in [0.05, 0.1) is 11.6 Å². The van der Waals surface area contributed by atoms with Gasteiger partial charge in [-0.3, -0.25) is 0 Å². The van der Waals surface area contributed by atoms with Crippen molar-refractivity contribution >= 4 is 6.03 Å². The number of carbonyl (C=O) groups is 1. The van der Waals surface area contributed by atoms with E-state index in [0.29, 0.717) is 17.5 Å². The molecule has 1 atom stereocenters. The molecule has 0 aliphatic heterocycles. The van der Waals surface area contributed by atoms with Gasteiger partial charge in [0.2, 0.25) is 0 Å². The summed E-state index contributed by atoms with van der Waals surface area (Å²) in [4.78, 5) is 11.8. The molecule has 2 N–H and O–H groups in total. The van der Waals surface area contributed by atoms with Crippen LogP contribution in [0.5, 0.6) is 0 Å². The maximum Gasteiger partial charge on any atom is 0.416 e. The first-order valence-electron chi connectivity index (χ1n) is 7.82. The molecule has 140 valence electrons. The Labute approximate surface area is 147 Å². The minimum Gasteiger partial charge on any atom is -0.338 e. The Balaban J connectivity index is 1.80. The molecule has 3 nitrogen and oxygen atoms in total. The normalized spacial score (nSPS) is 12.5. The quantitative estimate of drug-likeness (QED) is 0.741. The van der Waals surface area contributed by atoms with E-state index in [4.69, 9.17) is 0 Å². The minimum atomic E-state index is -4.38. The molecule has 0 radical (unpaired) electrons. The van der Waals surface area contributed by atoms with Crippen LogP contribution < -0.4 is 10.6 Å². The third-order valence-electron chi connectivity index (χ3n) is 3.77. The zero-order chi connectivity index (χ0) is 19.3. The summed E-state index contributed by atoms with van der Waals surface area (Å²) in [5.41, 5.74) is 0.320. The topological polar surface area (TPSA) is 41.1 Å². The van der Waals surface area contributed by atoms with E-state index in [1.54, 1.807) is 6.92 Å². The van der Waals surface area contributed by atoms with Crippen LogP contribution in [-0.4, -0.2) is 12.6 Å². The zero-order valence-electron chi connectivity index (χ0n) is 13.8. The number of urea groups is 1. The number of amides is 2. The van der Waals surface area contributed by atoms with Gasteiger partial charge >= 0.3 is 12.2 Å². The third-order valence-corrected chi connectivity index (χ3v) is 3.77. The predicted octanol–water partition coefficient (Wildman–Crippen LogP) is 4.59. The lowest BCUT2D eigenvalue weighted by atomic mass is 10.1. The fraction of sp³-hybridized carbons (Fsp3) is 0.278. The number of hydrogen-bond acceptors (Lipinski definition) is 1. The molecule has 0 aromatic heterocycles. The largest absolute Gasteiger partial charge is 0.416 e. The molecule has 2 aromatic rings. The summed E-state index contributed by atoms with van der Waals surface area (Å²) < 4.78 is 63.5. The molecule has 0 saturated heterocycles. The van der Waals surface area contributed by atoms with Crippen LogP contribution in [0.15, 0.2) is 42.5 Å². The van der Waals surface area contributed by atoms with Crippen LogP contribution in [-0.2, 0) is 12.6 Å². The molecule has 0 spiro atoms. The molecule has 26 heavy (non-hydrogen) atoms. The standard InChI is InChI=1S/C18H17F5N2O/c1-11(13-4-7-15(19)16(20)10-13)25-17(26)24-9-8-12-2-5-14(6-3-12)18(21,22)23/h2-7,10-11H,8-9H2,1H3,(H2,24,25,26)/t11-/m1/s1. The van der Waals surface area contributed by atoms with Crippen molar-refractivity contribution in [3.05, 3.63) is 70.8 Å². The van der Waals surface area contributed by atoms with Crippen LogP contribution in [0.1, 0.15) is 29.7 Å². The molecule has 0 aliphatic carbocycles. The number of benzene rings is 2. The monoisotopic (exact) mass is 372 g/mol. The Morgan fingerprint density at radius 1 is 1.04 bits per heavy atom. The van der Waals surface area contributed by atoms with E-state index in [9.17, 15) is 26.7 Å². The first-order chi connectivity index (χ1) is 12.2. The number of alkyl halides is 3. The van der Waals surface area contributed by atoms with Crippen LogP contribution in [0.25, 0.3) is 0 Å². The molecule has 2 amide bonds. The second kappa shape index (κ2) is 8.16. The number of carbonyl (C=O) groups excluding carboxylic acids is 1.